The van der Waals surface area contributed by atoms with Crippen molar-refractivity contribution in [3.63, 3.8) is 0 Å². The third-order valence-corrected chi connectivity index (χ3v) is 4.09. The Morgan fingerprint density at radius 1 is 1.61 bits per heavy atom. The number of nitrogens with two attached hydrogens (primary N) is 1. The topological polar surface area (TPSA) is 80.0 Å². The van der Waals surface area contributed by atoms with Gasteiger partial charge in [-0.3, -0.25) is 4.79 Å². The van der Waals surface area contributed by atoms with Gasteiger partial charge in [0.1, 0.15) is 0 Å². The Morgan fingerprint density at radius 2 is 2.44 bits per heavy atom. The maximum absolute atomic E-state index is 11.2. The van der Waals surface area contributed by atoms with E-state index in [-0.39, 0.29) is 12.5 Å². The molecule has 0 saturated carbocycles. The SMILES string of the molecule is CCCNC1CCc2nc(NC(=O)CN)sc2C1. The lowest BCUT2D eigenvalue weighted by Crippen LogP contribution is -2.34. The molecule has 5 nitrogen and oxygen atoms in total. The van der Waals surface area contributed by atoms with Crippen LogP contribution in [0.1, 0.15) is 30.3 Å². The molecule has 1 aliphatic rings. The van der Waals surface area contributed by atoms with Gasteiger partial charge < -0.3 is 16.4 Å². The molecule has 2 rings (SSSR count). The Kier molecular flexibility index (Phi) is 4.68. The van der Waals surface area contributed by atoms with E-state index in [2.05, 4.69) is 22.5 Å². The normalized spacial score (nSPS) is 18.4. The highest BCUT2D eigenvalue weighted by molar-refractivity contribution is 7.15. The van der Waals surface area contributed by atoms with Gasteiger partial charge in [-0.25, -0.2) is 4.98 Å². The van der Waals surface area contributed by atoms with Crippen molar-refractivity contribution in [3.05, 3.63) is 10.6 Å². The largest absolute Gasteiger partial charge is 0.322 e. The van der Waals surface area contributed by atoms with E-state index in [1.54, 1.807) is 11.3 Å². The molecule has 0 aromatic carbocycles. The molecule has 1 aliphatic carbocycles. The molecule has 1 atom stereocenters. The van der Waals surface area contributed by atoms with E-state index < -0.39 is 0 Å². The van der Waals surface area contributed by atoms with Gasteiger partial charge in [-0.05, 0) is 32.2 Å². The molecule has 0 spiro atoms. The molecular formula is C12H20N4OS. The van der Waals surface area contributed by atoms with E-state index in [4.69, 9.17) is 5.73 Å². The Labute approximate surface area is 111 Å². The fourth-order valence-corrected chi connectivity index (χ4v) is 3.23. The predicted molar refractivity (Wildman–Crippen MR) is 73.9 cm³/mol. The second kappa shape index (κ2) is 6.26. The van der Waals surface area contributed by atoms with E-state index in [1.165, 1.54) is 4.88 Å². The molecule has 1 amide bonds. The first-order valence-electron chi connectivity index (χ1n) is 6.44. The van der Waals surface area contributed by atoms with E-state index in [9.17, 15) is 4.79 Å². The lowest BCUT2D eigenvalue weighted by Gasteiger charge is -2.21. The minimum atomic E-state index is -0.179. The van der Waals surface area contributed by atoms with Gasteiger partial charge in [0, 0.05) is 10.9 Å². The van der Waals surface area contributed by atoms with Gasteiger partial charge in [0.05, 0.1) is 12.2 Å². The molecule has 1 aromatic rings. The van der Waals surface area contributed by atoms with Crippen molar-refractivity contribution < 1.29 is 4.79 Å². The number of aromatic nitrogens is 1. The average molecular weight is 268 g/mol. The first-order valence-corrected chi connectivity index (χ1v) is 7.26. The minimum Gasteiger partial charge on any atom is -0.322 e. The summed E-state index contributed by atoms with van der Waals surface area (Å²) < 4.78 is 0. The molecule has 18 heavy (non-hydrogen) atoms. The van der Waals surface area contributed by atoms with Crippen molar-refractivity contribution in [2.45, 2.75) is 38.6 Å². The molecule has 1 aromatic heterocycles. The number of carbonyl (C=O) groups is 1. The molecule has 0 bridgehead atoms. The maximum atomic E-state index is 11.2. The predicted octanol–water partition coefficient (Wildman–Crippen LogP) is 0.897. The number of thiazole rings is 1. The Morgan fingerprint density at radius 3 is 3.17 bits per heavy atom. The zero-order valence-corrected chi connectivity index (χ0v) is 11.5. The monoisotopic (exact) mass is 268 g/mol. The fourth-order valence-electron chi connectivity index (χ4n) is 2.12. The molecule has 100 valence electrons. The van der Waals surface area contributed by atoms with Crippen LogP contribution in [0.4, 0.5) is 5.13 Å². The van der Waals surface area contributed by atoms with Crippen LogP contribution in [0.3, 0.4) is 0 Å². The van der Waals surface area contributed by atoms with Crippen molar-refractivity contribution in [1.29, 1.82) is 0 Å². The van der Waals surface area contributed by atoms with Crippen LogP contribution >= 0.6 is 11.3 Å². The Balaban J connectivity index is 1.97. The Hall–Kier alpha value is -0.980. The summed E-state index contributed by atoms with van der Waals surface area (Å²) in [6, 6.07) is 0.552. The molecule has 6 heteroatoms. The van der Waals surface area contributed by atoms with Crippen LogP contribution in [-0.4, -0.2) is 30.0 Å². The standard InChI is InChI=1S/C12H20N4OS/c1-2-5-14-8-3-4-9-10(6-8)18-12(15-9)16-11(17)7-13/h8,14H,2-7,13H2,1H3,(H,15,16,17). The first-order chi connectivity index (χ1) is 8.72. The number of nitrogens with one attached hydrogen (secondary N) is 2. The van der Waals surface area contributed by atoms with E-state index in [0.29, 0.717) is 11.2 Å². The third-order valence-electron chi connectivity index (χ3n) is 3.05. The highest BCUT2D eigenvalue weighted by atomic mass is 32.1. The Bertz CT molecular complexity index is 418. The summed E-state index contributed by atoms with van der Waals surface area (Å²) in [5.74, 6) is -0.179. The van der Waals surface area contributed by atoms with E-state index >= 15 is 0 Å². The molecule has 4 N–H and O–H groups in total. The van der Waals surface area contributed by atoms with Gasteiger partial charge in [-0.2, -0.15) is 0 Å². The molecule has 0 radical (unpaired) electrons. The van der Waals surface area contributed by atoms with Crippen LogP contribution in [0, 0.1) is 0 Å². The summed E-state index contributed by atoms with van der Waals surface area (Å²) in [6.45, 7) is 3.24. The van der Waals surface area contributed by atoms with Crippen LogP contribution in [-0.2, 0) is 17.6 Å². The summed E-state index contributed by atoms with van der Waals surface area (Å²) in [5, 5.41) is 6.96. The molecule has 1 unspecified atom stereocenters. The van der Waals surface area contributed by atoms with Gasteiger partial charge in [-0.15, -0.1) is 11.3 Å². The van der Waals surface area contributed by atoms with Crippen LogP contribution in [0.5, 0.6) is 0 Å². The van der Waals surface area contributed by atoms with Crippen LogP contribution in [0.15, 0.2) is 0 Å². The molecule has 0 aliphatic heterocycles. The molecule has 1 heterocycles. The van der Waals surface area contributed by atoms with E-state index in [1.807, 2.05) is 0 Å². The lowest BCUT2D eigenvalue weighted by molar-refractivity contribution is -0.114. The number of rotatable bonds is 5. The molecule has 0 saturated heterocycles. The minimum absolute atomic E-state index is 0.00489. The van der Waals surface area contributed by atoms with Crippen LogP contribution in [0.25, 0.3) is 0 Å². The summed E-state index contributed by atoms with van der Waals surface area (Å²) >= 11 is 1.58. The zero-order chi connectivity index (χ0) is 13.0. The van der Waals surface area contributed by atoms with Crippen LogP contribution in [0.2, 0.25) is 0 Å². The summed E-state index contributed by atoms with van der Waals surface area (Å²) in [6.07, 6.45) is 4.29. The van der Waals surface area contributed by atoms with Gasteiger partial charge in [0.15, 0.2) is 5.13 Å². The van der Waals surface area contributed by atoms with Crippen molar-refractivity contribution in [1.82, 2.24) is 10.3 Å². The second-order valence-electron chi connectivity index (χ2n) is 4.54. The number of anilines is 1. The third kappa shape index (κ3) is 3.28. The summed E-state index contributed by atoms with van der Waals surface area (Å²) in [7, 11) is 0. The number of hydrogen-bond acceptors (Lipinski definition) is 5. The van der Waals surface area contributed by atoms with Crippen LogP contribution < -0.4 is 16.4 Å². The van der Waals surface area contributed by atoms with Crippen molar-refractivity contribution in [2.24, 2.45) is 5.73 Å². The van der Waals surface area contributed by atoms with E-state index in [0.717, 1.165) is 37.9 Å². The lowest BCUT2D eigenvalue weighted by atomic mass is 9.98. The number of hydrogen-bond donors (Lipinski definition) is 3. The maximum Gasteiger partial charge on any atom is 0.239 e. The summed E-state index contributed by atoms with van der Waals surface area (Å²) in [5.41, 5.74) is 6.41. The average Bonchev–Trinajstić information content (AvgIpc) is 2.77. The summed E-state index contributed by atoms with van der Waals surface area (Å²) in [4.78, 5) is 17.0. The van der Waals surface area contributed by atoms with Gasteiger partial charge in [0.2, 0.25) is 5.91 Å². The highest BCUT2D eigenvalue weighted by Crippen LogP contribution is 2.29. The number of aryl methyl sites for hydroxylation is 1. The van der Waals surface area contributed by atoms with Gasteiger partial charge in [-0.1, -0.05) is 6.92 Å². The smallest absolute Gasteiger partial charge is 0.239 e. The molecular weight excluding hydrogens is 248 g/mol. The first kappa shape index (κ1) is 13.5. The van der Waals surface area contributed by atoms with Crippen molar-refractivity contribution >= 4 is 22.4 Å². The quantitative estimate of drug-likeness (QED) is 0.741. The highest BCUT2D eigenvalue weighted by Gasteiger charge is 2.22. The van der Waals surface area contributed by atoms with Crippen molar-refractivity contribution in [3.8, 4) is 0 Å². The molecule has 0 fully saturated rings. The fraction of sp³-hybridized carbons (Fsp3) is 0.667. The second-order valence-corrected chi connectivity index (χ2v) is 5.62. The zero-order valence-electron chi connectivity index (χ0n) is 10.7. The number of carbonyl (C=O) groups excluding carboxylic acids is 1. The van der Waals surface area contributed by atoms with Gasteiger partial charge in [0.25, 0.3) is 0 Å². The number of amides is 1. The number of fused-ring (bicyclic) bond motifs is 1. The number of nitrogens with zero attached hydrogens (tertiary/aromatic N) is 1. The van der Waals surface area contributed by atoms with Gasteiger partial charge >= 0.3 is 0 Å². The van der Waals surface area contributed by atoms with Crippen molar-refractivity contribution in [2.75, 3.05) is 18.4 Å².